The summed E-state index contributed by atoms with van der Waals surface area (Å²) in [6.45, 7) is 2.50. The van der Waals surface area contributed by atoms with Gasteiger partial charge >= 0.3 is 0 Å². The summed E-state index contributed by atoms with van der Waals surface area (Å²) in [6.07, 6.45) is 0.218. The maximum absolute atomic E-state index is 10.1. The molecule has 0 saturated carbocycles. The van der Waals surface area contributed by atoms with Crippen LogP contribution in [0.5, 0.6) is 11.5 Å². The van der Waals surface area contributed by atoms with Gasteiger partial charge in [-0.3, -0.25) is 0 Å². The van der Waals surface area contributed by atoms with Crippen molar-refractivity contribution in [3.63, 3.8) is 0 Å². The monoisotopic (exact) mass is 287 g/mol. The first-order valence-electron chi connectivity index (χ1n) is 7.03. The summed E-state index contributed by atoms with van der Waals surface area (Å²) in [7, 11) is 0. The second-order valence-corrected chi connectivity index (χ2v) is 5.29. The molecule has 0 bridgehead atoms. The van der Waals surface area contributed by atoms with Crippen molar-refractivity contribution < 1.29 is 15.3 Å². The third-order valence-corrected chi connectivity index (χ3v) is 3.42. The average Bonchev–Trinajstić information content (AvgIpc) is 2.48. The maximum Gasteiger partial charge on any atom is 0.115 e. The van der Waals surface area contributed by atoms with E-state index in [4.69, 9.17) is 0 Å². The molecule has 112 valence electrons. The molecular weight excluding hydrogens is 266 g/mol. The number of benzene rings is 2. The Hall–Kier alpha value is -2.04. The lowest BCUT2D eigenvalue weighted by molar-refractivity contribution is 0.170. The summed E-state index contributed by atoms with van der Waals surface area (Å²) in [4.78, 5) is 0. The molecule has 2 aromatic rings. The molecule has 0 aromatic heterocycles. The molecular formula is C17H21NO3. The molecule has 0 spiro atoms. The van der Waals surface area contributed by atoms with Crippen molar-refractivity contribution in [3.05, 3.63) is 59.7 Å². The zero-order valence-corrected chi connectivity index (χ0v) is 12.0. The highest BCUT2D eigenvalue weighted by atomic mass is 16.3. The minimum atomic E-state index is -0.604. The summed E-state index contributed by atoms with van der Waals surface area (Å²) in [5.74, 6) is 0.460. The molecule has 2 rings (SSSR count). The lowest BCUT2D eigenvalue weighted by Gasteiger charge is -2.17. The molecule has 0 saturated heterocycles. The van der Waals surface area contributed by atoms with Gasteiger partial charge in [-0.2, -0.15) is 0 Å². The van der Waals surface area contributed by atoms with E-state index in [1.54, 1.807) is 36.4 Å². The number of nitrogens with one attached hydrogen (secondary N) is 1. The van der Waals surface area contributed by atoms with Crippen LogP contribution < -0.4 is 5.32 Å². The van der Waals surface area contributed by atoms with Gasteiger partial charge in [0.25, 0.3) is 0 Å². The van der Waals surface area contributed by atoms with Crippen molar-refractivity contribution >= 4 is 0 Å². The number of aromatic hydroxyl groups is 2. The first kappa shape index (κ1) is 15.4. The fraction of sp³-hybridized carbons (Fsp3) is 0.294. The van der Waals surface area contributed by atoms with Crippen LogP contribution in [0.4, 0.5) is 0 Å². The smallest absolute Gasteiger partial charge is 0.115 e. The minimum Gasteiger partial charge on any atom is -0.508 e. The molecule has 2 aromatic carbocycles. The molecule has 0 aliphatic carbocycles. The normalized spacial score (nSPS) is 13.8. The molecule has 4 heteroatoms. The van der Waals surface area contributed by atoms with Crippen LogP contribution in [0.3, 0.4) is 0 Å². The Kier molecular flexibility index (Phi) is 5.20. The van der Waals surface area contributed by atoms with Crippen molar-refractivity contribution in [2.75, 3.05) is 6.54 Å². The maximum atomic E-state index is 10.1. The van der Waals surface area contributed by atoms with Crippen LogP contribution in [-0.2, 0) is 6.42 Å². The number of phenols is 2. The third kappa shape index (κ3) is 4.77. The lowest BCUT2D eigenvalue weighted by atomic mass is 10.1. The number of rotatable bonds is 6. The summed E-state index contributed by atoms with van der Waals surface area (Å²) in [5, 5.41) is 31.8. The van der Waals surface area contributed by atoms with Crippen molar-refractivity contribution in [1.82, 2.24) is 5.32 Å². The Morgan fingerprint density at radius 2 is 1.43 bits per heavy atom. The van der Waals surface area contributed by atoms with Gasteiger partial charge in [0, 0.05) is 12.6 Å². The first-order valence-corrected chi connectivity index (χ1v) is 7.03. The van der Waals surface area contributed by atoms with Gasteiger partial charge in [-0.1, -0.05) is 24.3 Å². The fourth-order valence-corrected chi connectivity index (χ4v) is 2.18. The predicted molar refractivity (Wildman–Crippen MR) is 82.3 cm³/mol. The lowest BCUT2D eigenvalue weighted by Crippen LogP contribution is -2.32. The zero-order valence-electron chi connectivity index (χ0n) is 12.0. The number of phenolic OH excluding ortho intramolecular Hbond substituents is 2. The van der Waals surface area contributed by atoms with E-state index < -0.39 is 6.10 Å². The fourth-order valence-electron chi connectivity index (χ4n) is 2.18. The largest absolute Gasteiger partial charge is 0.508 e. The summed E-state index contributed by atoms with van der Waals surface area (Å²) in [6, 6.07) is 13.9. The Balaban J connectivity index is 1.81. The van der Waals surface area contributed by atoms with E-state index in [9.17, 15) is 15.3 Å². The van der Waals surface area contributed by atoms with Crippen molar-refractivity contribution in [2.24, 2.45) is 0 Å². The molecule has 0 amide bonds. The molecule has 2 atom stereocenters. The van der Waals surface area contributed by atoms with Gasteiger partial charge in [0.1, 0.15) is 11.5 Å². The van der Waals surface area contributed by atoms with Gasteiger partial charge in [0.05, 0.1) is 6.10 Å². The average molecular weight is 287 g/mol. The molecule has 4 N–H and O–H groups in total. The van der Waals surface area contributed by atoms with Crippen LogP contribution >= 0.6 is 0 Å². The van der Waals surface area contributed by atoms with Crippen LogP contribution in [-0.4, -0.2) is 27.9 Å². The number of aliphatic hydroxyl groups excluding tert-OH is 1. The summed E-state index contributed by atoms with van der Waals surface area (Å²) in [5.41, 5.74) is 1.91. The van der Waals surface area contributed by atoms with Crippen LogP contribution in [0.25, 0.3) is 0 Å². The van der Waals surface area contributed by atoms with Crippen LogP contribution in [0.15, 0.2) is 48.5 Å². The third-order valence-electron chi connectivity index (χ3n) is 3.42. The van der Waals surface area contributed by atoms with Crippen LogP contribution in [0.2, 0.25) is 0 Å². The first-order chi connectivity index (χ1) is 10.0. The Morgan fingerprint density at radius 1 is 0.905 bits per heavy atom. The predicted octanol–water partition coefficient (Wildman–Crippen LogP) is 2.35. The van der Waals surface area contributed by atoms with E-state index in [0.29, 0.717) is 6.54 Å². The summed E-state index contributed by atoms with van der Waals surface area (Å²) >= 11 is 0. The zero-order chi connectivity index (χ0) is 15.2. The molecule has 0 aliphatic heterocycles. The molecule has 0 aliphatic rings. The highest BCUT2D eigenvalue weighted by Crippen LogP contribution is 2.16. The van der Waals surface area contributed by atoms with Crippen molar-refractivity contribution in [1.29, 1.82) is 0 Å². The number of aliphatic hydroxyl groups is 1. The van der Waals surface area contributed by atoms with Gasteiger partial charge in [0.15, 0.2) is 0 Å². The van der Waals surface area contributed by atoms with Crippen LogP contribution in [0.1, 0.15) is 24.2 Å². The van der Waals surface area contributed by atoms with Gasteiger partial charge in [-0.25, -0.2) is 0 Å². The Labute approximate surface area is 124 Å². The quantitative estimate of drug-likeness (QED) is 0.658. The van der Waals surface area contributed by atoms with E-state index in [-0.39, 0.29) is 17.5 Å². The van der Waals surface area contributed by atoms with Crippen LogP contribution in [0, 0.1) is 0 Å². The van der Waals surface area contributed by atoms with E-state index in [0.717, 1.165) is 17.5 Å². The van der Waals surface area contributed by atoms with Gasteiger partial charge in [-0.15, -0.1) is 0 Å². The van der Waals surface area contributed by atoms with Crippen molar-refractivity contribution in [3.8, 4) is 11.5 Å². The van der Waals surface area contributed by atoms with E-state index in [2.05, 4.69) is 12.2 Å². The topological polar surface area (TPSA) is 72.7 Å². The number of hydrogen-bond acceptors (Lipinski definition) is 4. The molecule has 0 radical (unpaired) electrons. The summed E-state index contributed by atoms with van der Waals surface area (Å²) < 4.78 is 0. The highest BCUT2D eigenvalue weighted by Gasteiger charge is 2.10. The Bertz CT molecular complexity index is 551. The second kappa shape index (κ2) is 7.11. The minimum absolute atomic E-state index is 0.194. The van der Waals surface area contributed by atoms with Gasteiger partial charge < -0.3 is 20.6 Å². The van der Waals surface area contributed by atoms with E-state index in [1.807, 2.05) is 12.1 Å². The molecule has 0 unspecified atom stereocenters. The van der Waals surface area contributed by atoms with E-state index >= 15 is 0 Å². The second-order valence-electron chi connectivity index (χ2n) is 5.29. The van der Waals surface area contributed by atoms with Gasteiger partial charge in [0.2, 0.25) is 0 Å². The number of hydrogen-bond donors (Lipinski definition) is 4. The Morgan fingerprint density at radius 3 is 2.00 bits per heavy atom. The molecule has 21 heavy (non-hydrogen) atoms. The molecule has 0 fully saturated rings. The van der Waals surface area contributed by atoms with E-state index in [1.165, 1.54) is 0 Å². The highest BCUT2D eigenvalue weighted by molar-refractivity contribution is 5.28. The SMILES string of the molecule is C[C@H](Cc1ccc(O)cc1)NC[C@@H](O)c1ccc(O)cc1. The van der Waals surface area contributed by atoms with Gasteiger partial charge in [-0.05, 0) is 48.7 Å². The van der Waals surface area contributed by atoms with Crippen molar-refractivity contribution in [2.45, 2.75) is 25.5 Å². The molecule has 0 heterocycles. The molecule has 4 nitrogen and oxygen atoms in total. The standard InChI is InChI=1S/C17H21NO3/c1-12(10-13-2-6-15(19)7-3-13)18-11-17(21)14-4-8-16(20)9-5-14/h2-9,12,17-21H,10-11H2,1H3/t12-,17-/m1/s1.